The van der Waals surface area contributed by atoms with Gasteiger partial charge in [0.2, 0.25) is 5.78 Å². The highest BCUT2D eigenvalue weighted by Gasteiger charge is 2.38. The number of aliphatic hydroxyl groups is 1. The number of carboxylic acid groups (broad SMARTS) is 2. The average Bonchev–Trinajstić information content (AvgIpc) is 2.21. The molecule has 6 nitrogen and oxygen atoms in total. The molecule has 3 N–H and O–H groups in total. The average molecular weight is 226 g/mol. The number of hydrogen-bond acceptors (Lipinski definition) is 4. The van der Waals surface area contributed by atoms with Gasteiger partial charge in [-0.05, 0) is 0 Å². The van der Waals surface area contributed by atoms with Crippen LogP contribution in [0.25, 0.3) is 0 Å². The molecule has 1 rings (SSSR count). The third kappa shape index (κ3) is 2.34. The fraction of sp³-hybridized carbons (Fsp3) is 0.300. The number of aliphatic hydroxyl groups excluding tert-OH is 1. The van der Waals surface area contributed by atoms with E-state index in [0.717, 1.165) is 12.2 Å². The van der Waals surface area contributed by atoms with Crippen molar-refractivity contribution in [3.05, 3.63) is 24.3 Å². The van der Waals surface area contributed by atoms with Crippen molar-refractivity contribution in [2.24, 2.45) is 5.41 Å². The molecule has 0 heterocycles. The van der Waals surface area contributed by atoms with Gasteiger partial charge in [0.05, 0.1) is 6.10 Å². The van der Waals surface area contributed by atoms with Gasteiger partial charge in [0.15, 0.2) is 0 Å². The first-order valence-electron chi connectivity index (χ1n) is 4.44. The highest BCUT2D eigenvalue weighted by atomic mass is 16.4. The van der Waals surface area contributed by atoms with Gasteiger partial charge in [-0.1, -0.05) is 24.3 Å². The van der Waals surface area contributed by atoms with Gasteiger partial charge in [-0.25, -0.2) is 4.79 Å². The maximum Gasteiger partial charge on any atom is 0.372 e. The Morgan fingerprint density at radius 2 is 1.62 bits per heavy atom. The SMILES string of the molecule is O=C(O)C(=O)CC1(C(=O)O)C=CC(O)C=C1. The van der Waals surface area contributed by atoms with Crippen LogP contribution in [0.5, 0.6) is 0 Å². The lowest BCUT2D eigenvalue weighted by Gasteiger charge is -2.24. The first-order chi connectivity index (χ1) is 7.37. The van der Waals surface area contributed by atoms with Crippen LogP contribution >= 0.6 is 0 Å². The predicted octanol–water partition coefficient (Wildman–Crippen LogP) is -0.412. The minimum atomic E-state index is -1.67. The molecule has 0 amide bonds. The summed E-state index contributed by atoms with van der Waals surface area (Å²) in [6.45, 7) is 0. The Labute approximate surface area is 90.5 Å². The van der Waals surface area contributed by atoms with E-state index >= 15 is 0 Å². The highest BCUT2D eigenvalue weighted by molar-refractivity contribution is 6.33. The maximum atomic E-state index is 11.0. The number of aliphatic carboxylic acids is 2. The molecule has 6 heteroatoms. The maximum absolute atomic E-state index is 11.0. The number of carbonyl (C=O) groups excluding carboxylic acids is 1. The standard InChI is InChI=1S/C10H10O6/c11-6-1-3-10(4-2-6,9(15)16)5-7(12)8(13)14/h1-4,6,11H,5H2,(H,13,14)(H,15,16). The molecule has 16 heavy (non-hydrogen) atoms. The molecule has 0 unspecified atom stereocenters. The zero-order chi connectivity index (χ0) is 12.3. The summed E-state index contributed by atoms with van der Waals surface area (Å²) in [6, 6.07) is 0. The number of hydrogen-bond donors (Lipinski definition) is 3. The highest BCUT2D eigenvalue weighted by Crippen LogP contribution is 2.30. The van der Waals surface area contributed by atoms with Crippen LogP contribution in [0.2, 0.25) is 0 Å². The van der Waals surface area contributed by atoms with Crippen molar-refractivity contribution in [2.75, 3.05) is 0 Å². The smallest absolute Gasteiger partial charge is 0.372 e. The topological polar surface area (TPSA) is 112 Å². The summed E-state index contributed by atoms with van der Waals surface area (Å²) in [6.07, 6.45) is 3.07. The van der Waals surface area contributed by atoms with E-state index in [1.54, 1.807) is 0 Å². The second kappa shape index (κ2) is 4.28. The number of carbonyl (C=O) groups is 3. The van der Waals surface area contributed by atoms with E-state index in [1.807, 2.05) is 0 Å². The molecule has 0 aromatic carbocycles. The zero-order valence-electron chi connectivity index (χ0n) is 8.16. The predicted molar refractivity (Wildman–Crippen MR) is 51.6 cm³/mol. The van der Waals surface area contributed by atoms with E-state index in [1.165, 1.54) is 12.2 Å². The summed E-state index contributed by atoms with van der Waals surface area (Å²) in [5.74, 6) is -4.19. The first kappa shape index (κ1) is 12.1. The summed E-state index contributed by atoms with van der Waals surface area (Å²) in [4.78, 5) is 32.4. The van der Waals surface area contributed by atoms with Gasteiger partial charge >= 0.3 is 11.9 Å². The molecule has 0 radical (unpaired) electrons. The van der Waals surface area contributed by atoms with Crippen LogP contribution in [0.15, 0.2) is 24.3 Å². The molecule has 86 valence electrons. The van der Waals surface area contributed by atoms with Crippen molar-refractivity contribution in [3.63, 3.8) is 0 Å². The number of rotatable bonds is 4. The molecule has 0 saturated heterocycles. The van der Waals surface area contributed by atoms with Crippen molar-refractivity contribution in [1.82, 2.24) is 0 Å². The van der Waals surface area contributed by atoms with Crippen LogP contribution in [-0.2, 0) is 14.4 Å². The molecule has 0 fully saturated rings. The number of carboxylic acids is 2. The van der Waals surface area contributed by atoms with E-state index in [4.69, 9.17) is 15.3 Å². The summed E-state index contributed by atoms with van der Waals surface area (Å²) in [5.41, 5.74) is -1.67. The molecular weight excluding hydrogens is 216 g/mol. The Morgan fingerprint density at radius 3 is 2.00 bits per heavy atom. The van der Waals surface area contributed by atoms with Crippen LogP contribution < -0.4 is 0 Å². The Bertz CT molecular complexity index is 378. The van der Waals surface area contributed by atoms with Crippen molar-refractivity contribution in [3.8, 4) is 0 Å². The Kier molecular flexibility index (Phi) is 3.24. The molecule has 0 aromatic rings. The van der Waals surface area contributed by atoms with E-state index in [0.29, 0.717) is 0 Å². The Balaban J connectivity index is 2.96. The summed E-state index contributed by atoms with van der Waals surface area (Å²) >= 11 is 0. The van der Waals surface area contributed by atoms with Gasteiger partial charge in [0.1, 0.15) is 5.41 Å². The van der Waals surface area contributed by atoms with Crippen molar-refractivity contribution in [2.45, 2.75) is 12.5 Å². The van der Waals surface area contributed by atoms with Gasteiger partial charge in [0, 0.05) is 6.42 Å². The molecule has 1 aliphatic rings. The minimum Gasteiger partial charge on any atom is -0.480 e. The second-order valence-corrected chi connectivity index (χ2v) is 3.46. The number of ketones is 1. The van der Waals surface area contributed by atoms with Crippen LogP contribution in [0.4, 0.5) is 0 Å². The molecule has 0 bridgehead atoms. The molecule has 0 saturated carbocycles. The molecule has 0 atom stereocenters. The van der Waals surface area contributed by atoms with Gasteiger partial charge in [-0.2, -0.15) is 0 Å². The van der Waals surface area contributed by atoms with E-state index in [9.17, 15) is 14.4 Å². The molecule has 0 aliphatic heterocycles. The lowest BCUT2D eigenvalue weighted by molar-refractivity contribution is -0.152. The molecule has 0 aromatic heterocycles. The van der Waals surface area contributed by atoms with Crippen LogP contribution in [0.1, 0.15) is 6.42 Å². The van der Waals surface area contributed by atoms with Gasteiger partial charge < -0.3 is 15.3 Å². The fourth-order valence-electron chi connectivity index (χ4n) is 1.34. The third-order valence-electron chi connectivity index (χ3n) is 2.27. The van der Waals surface area contributed by atoms with Gasteiger partial charge in [-0.3, -0.25) is 9.59 Å². The van der Waals surface area contributed by atoms with Crippen molar-refractivity contribution >= 4 is 17.7 Å². The zero-order valence-corrected chi connectivity index (χ0v) is 8.16. The van der Waals surface area contributed by atoms with Gasteiger partial charge in [-0.15, -0.1) is 0 Å². The fourth-order valence-corrected chi connectivity index (χ4v) is 1.34. The Morgan fingerprint density at radius 1 is 1.12 bits per heavy atom. The second-order valence-electron chi connectivity index (χ2n) is 3.46. The summed E-state index contributed by atoms with van der Waals surface area (Å²) in [5, 5.41) is 26.5. The largest absolute Gasteiger partial charge is 0.480 e. The molecule has 1 aliphatic carbocycles. The molecule has 0 spiro atoms. The van der Waals surface area contributed by atoms with Gasteiger partial charge in [0.25, 0.3) is 0 Å². The Hall–Kier alpha value is -1.95. The van der Waals surface area contributed by atoms with Crippen molar-refractivity contribution in [1.29, 1.82) is 0 Å². The molecular formula is C10H10O6. The third-order valence-corrected chi connectivity index (χ3v) is 2.27. The van der Waals surface area contributed by atoms with Crippen LogP contribution in [-0.4, -0.2) is 39.1 Å². The minimum absolute atomic E-state index is 0.669. The first-order valence-corrected chi connectivity index (χ1v) is 4.44. The summed E-state index contributed by atoms with van der Waals surface area (Å²) < 4.78 is 0. The van der Waals surface area contributed by atoms with Crippen molar-refractivity contribution < 1.29 is 29.7 Å². The summed E-state index contributed by atoms with van der Waals surface area (Å²) in [7, 11) is 0. The number of Topliss-reactive ketones (excluding diaryl/α,β-unsaturated/α-hetero) is 1. The monoisotopic (exact) mass is 226 g/mol. The van der Waals surface area contributed by atoms with E-state index in [2.05, 4.69) is 0 Å². The normalized spacial score (nSPS) is 27.7. The lowest BCUT2D eigenvalue weighted by atomic mass is 9.79. The van der Waals surface area contributed by atoms with E-state index in [-0.39, 0.29) is 0 Å². The quantitative estimate of drug-likeness (QED) is 0.443. The van der Waals surface area contributed by atoms with E-state index < -0.39 is 35.7 Å². The van der Waals surface area contributed by atoms with Crippen LogP contribution in [0.3, 0.4) is 0 Å². The van der Waals surface area contributed by atoms with Crippen LogP contribution in [0, 0.1) is 5.41 Å². The lowest BCUT2D eigenvalue weighted by Crippen LogP contribution is -2.34.